The second-order valence-corrected chi connectivity index (χ2v) is 6.63. The number of halogens is 2. The van der Waals surface area contributed by atoms with E-state index in [1.54, 1.807) is 0 Å². The van der Waals surface area contributed by atoms with E-state index in [1.165, 1.54) is 16.7 Å². The predicted octanol–water partition coefficient (Wildman–Crippen LogP) is 3.14. The Hall–Kier alpha value is -2.82. The molecular weight excluding hydrogens is 403 g/mol. The van der Waals surface area contributed by atoms with Gasteiger partial charge in [-0.25, -0.2) is 4.98 Å². The van der Waals surface area contributed by atoms with Gasteiger partial charge in [-0.1, -0.05) is 54.6 Å². The van der Waals surface area contributed by atoms with Crippen LogP contribution >= 0.6 is 12.4 Å². The molecule has 4 rings (SSSR count). The molecule has 0 bridgehead atoms. The molecule has 0 amide bonds. The maximum Gasteiger partial charge on any atom is 1.00 e. The van der Waals surface area contributed by atoms with Crippen LogP contribution in [0.3, 0.4) is 0 Å². The molecule has 0 radical (unpaired) electrons. The summed E-state index contributed by atoms with van der Waals surface area (Å²) in [4.78, 5) is 9.43. The number of nitrogens with zero attached hydrogens (tertiary/aromatic N) is 2. The Morgan fingerprint density at radius 1 is 0.793 bits per heavy atom. The summed E-state index contributed by atoms with van der Waals surface area (Å²) < 4.78 is 0. The van der Waals surface area contributed by atoms with E-state index in [2.05, 4.69) is 65.9 Å². The summed E-state index contributed by atoms with van der Waals surface area (Å²) in [6.45, 7) is 4.89. The van der Waals surface area contributed by atoms with Crippen LogP contribution < -0.4 is 23.0 Å². The Bertz CT molecular complexity index is 1110. The van der Waals surface area contributed by atoms with Gasteiger partial charge < -0.3 is 23.0 Å². The third-order valence-corrected chi connectivity index (χ3v) is 4.70. The molecule has 0 aliphatic rings. The van der Waals surface area contributed by atoms with Crippen LogP contribution in [-0.4, -0.2) is 9.97 Å². The lowest BCUT2D eigenvalue weighted by Gasteiger charge is -2.14. The molecule has 0 aliphatic heterocycles. The van der Waals surface area contributed by atoms with Gasteiger partial charge in [0, 0.05) is 17.6 Å². The van der Waals surface area contributed by atoms with Crippen LogP contribution in [0.15, 0.2) is 72.8 Å². The fraction of sp³-hybridized carbons (Fsp3) is 0.130. The number of aryl methyl sites for hydroxylation is 2. The average molecular weight is 427 g/mol. The summed E-state index contributed by atoms with van der Waals surface area (Å²) in [5.74, 6) is 1.43. The molecule has 0 saturated heterocycles. The molecule has 0 saturated carbocycles. The van der Waals surface area contributed by atoms with E-state index in [-0.39, 0.29) is 26.2 Å². The van der Waals surface area contributed by atoms with Gasteiger partial charge >= 0.3 is 1.43 Å². The zero-order valence-electron chi connectivity index (χ0n) is 17.3. The van der Waals surface area contributed by atoms with E-state index in [1.807, 2.05) is 36.4 Å². The summed E-state index contributed by atoms with van der Waals surface area (Å²) in [5, 5.41) is 7.85. The molecule has 29 heavy (non-hydrogen) atoms. The van der Waals surface area contributed by atoms with Crippen molar-refractivity contribution in [1.29, 1.82) is 0 Å². The average Bonchev–Trinajstić information content (AvgIpc) is 2.69. The van der Waals surface area contributed by atoms with Gasteiger partial charge in [0.25, 0.3) is 0 Å². The Balaban J connectivity index is 0.00000150. The summed E-state index contributed by atoms with van der Waals surface area (Å²) in [6.07, 6.45) is 0. The van der Waals surface area contributed by atoms with E-state index >= 15 is 0 Å². The largest absolute Gasteiger partial charge is 1.00 e. The molecule has 2 N–H and O–H groups in total. The van der Waals surface area contributed by atoms with Crippen molar-refractivity contribution in [3.63, 3.8) is 0 Å². The molecule has 1 aromatic heterocycles. The van der Waals surface area contributed by atoms with Crippen LogP contribution in [0.2, 0.25) is 0 Å². The fourth-order valence-corrected chi connectivity index (χ4v) is 3.07. The van der Waals surface area contributed by atoms with Gasteiger partial charge in [-0.05, 0) is 48.7 Å². The van der Waals surface area contributed by atoms with E-state index in [0.717, 1.165) is 22.4 Å². The molecule has 0 unspecified atom stereocenters. The van der Waals surface area contributed by atoms with Crippen LogP contribution in [-0.2, 0) is 6.54 Å². The van der Waals surface area contributed by atoms with Gasteiger partial charge in [-0.3, -0.25) is 0 Å². The van der Waals surface area contributed by atoms with Crippen molar-refractivity contribution in [3.05, 3.63) is 89.5 Å². The number of hydrogen-bond acceptors (Lipinski definition) is 4. The predicted molar refractivity (Wildman–Crippen MR) is 121 cm³/mol. The molecule has 0 atom stereocenters. The van der Waals surface area contributed by atoms with Gasteiger partial charge in [0.2, 0.25) is 5.95 Å². The highest BCUT2D eigenvalue weighted by atomic mass is 35.5. The maximum absolute atomic E-state index is 4.75. The van der Waals surface area contributed by atoms with E-state index in [4.69, 9.17) is 4.98 Å². The van der Waals surface area contributed by atoms with Crippen molar-refractivity contribution in [3.8, 4) is 0 Å². The topological polar surface area (TPSA) is 49.8 Å². The first-order chi connectivity index (χ1) is 13.2. The van der Waals surface area contributed by atoms with Crippen molar-refractivity contribution in [2.45, 2.75) is 20.4 Å². The molecule has 0 fully saturated rings. The van der Waals surface area contributed by atoms with Crippen molar-refractivity contribution in [2.75, 3.05) is 10.6 Å². The second-order valence-electron chi connectivity index (χ2n) is 6.63. The monoisotopic (exact) mass is 426 g/mol. The third kappa shape index (κ3) is 5.17. The first-order valence-electron chi connectivity index (χ1n) is 9.08. The zero-order valence-corrected chi connectivity index (χ0v) is 17.9. The maximum atomic E-state index is 4.75. The summed E-state index contributed by atoms with van der Waals surface area (Å²) in [6, 6.07) is 24.6. The summed E-state index contributed by atoms with van der Waals surface area (Å²) >= 11 is 0. The third-order valence-electron chi connectivity index (χ3n) is 4.70. The van der Waals surface area contributed by atoms with Gasteiger partial charge in [-0.15, -0.1) is 12.4 Å². The highest BCUT2D eigenvalue weighted by Gasteiger charge is 2.09. The van der Waals surface area contributed by atoms with Crippen LogP contribution in [0.1, 0.15) is 18.1 Å². The zero-order chi connectivity index (χ0) is 18.6. The van der Waals surface area contributed by atoms with E-state index in [9.17, 15) is 0 Å². The quantitative estimate of drug-likeness (QED) is 0.514. The van der Waals surface area contributed by atoms with Crippen LogP contribution in [0, 0.1) is 13.8 Å². The Kier molecular flexibility index (Phi) is 7.82. The number of hydrogen-bond donors (Lipinski definition) is 2. The second kappa shape index (κ2) is 10.1. The summed E-state index contributed by atoms with van der Waals surface area (Å²) in [5.41, 5.74) is 5.63. The first kappa shape index (κ1) is 22.5. The number of fused-ring (bicyclic) bond motifs is 1. The molecule has 4 aromatic rings. The first-order valence-corrected chi connectivity index (χ1v) is 9.08. The van der Waals surface area contributed by atoms with Crippen LogP contribution in [0.25, 0.3) is 10.9 Å². The molecule has 1 heterocycles. The number of nitrogens with one attached hydrogen (secondary N) is 2. The Morgan fingerprint density at radius 3 is 2.21 bits per heavy atom. The van der Waals surface area contributed by atoms with E-state index < -0.39 is 0 Å². The van der Waals surface area contributed by atoms with Crippen molar-refractivity contribution >= 4 is 40.8 Å². The van der Waals surface area contributed by atoms with Gasteiger partial charge in [0.1, 0.15) is 5.82 Å². The smallest absolute Gasteiger partial charge is 1.00 e. The van der Waals surface area contributed by atoms with Crippen molar-refractivity contribution in [1.82, 2.24) is 9.97 Å². The molecule has 3 aromatic carbocycles. The number of aromatic nitrogens is 2. The van der Waals surface area contributed by atoms with Gasteiger partial charge in [-0.2, -0.15) is 4.98 Å². The minimum absolute atomic E-state index is 0. The number of rotatable bonds is 5. The van der Waals surface area contributed by atoms with Crippen molar-refractivity contribution in [2.24, 2.45) is 0 Å². The lowest BCUT2D eigenvalue weighted by Crippen LogP contribution is -3.00. The van der Waals surface area contributed by atoms with Gasteiger partial charge in [0.05, 0.1) is 5.52 Å². The van der Waals surface area contributed by atoms with Crippen molar-refractivity contribution < 1.29 is 13.8 Å². The van der Waals surface area contributed by atoms with E-state index in [0.29, 0.717) is 12.5 Å². The van der Waals surface area contributed by atoms with Gasteiger partial charge in [0.15, 0.2) is 0 Å². The number of benzene rings is 3. The molecule has 6 heteroatoms. The normalized spacial score (nSPS) is 10.0. The Labute approximate surface area is 185 Å². The standard InChI is InChI=1S/C23H22N4.2ClH/c1-16-9-3-5-11-18(16)15-24-23-26-21-14-8-6-12-19(21)22(27-23)25-20-13-7-4-10-17(20)2;;/h3-14H,15H2,1-2H3,(H2,24,25,26,27);2*1H. The lowest BCUT2D eigenvalue weighted by molar-refractivity contribution is -0.00000577. The molecular formula is C23H24Cl2N4. The highest BCUT2D eigenvalue weighted by Crippen LogP contribution is 2.26. The number of anilines is 3. The molecule has 150 valence electrons. The Morgan fingerprint density at radius 2 is 1.45 bits per heavy atom. The fourth-order valence-electron chi connectivity index (χ4n) is 3.07. The van der Waals surface area contributed by atoms with Crippen LogP contribution in [0.4, 0.5) is 17.5 Å². The molecule has 0 aliphatic carbocycles. The number of para-hydroxylation sites is 2. The highest BCUT2D eigenvalue weighted by molar-refractivity contribution is 5.91. The molecule has 4 nitrogen and oxygen atoms in total. The lowest BCUT2D eigenvalue weighted by atomic mass is 10.1. The SMILES string of the molecule is Cc1ccccc1CNc1nc(Nc2ccccc2C)c2ccccc2n1.Cl.[Cl-].[H+]. The minimum Gasteiger partial charge on any atom is -1.00 e. The summed E-state index contributed by atoms with van der Waals surface area (Å²) in [7, 11) is 0. The molecule has 0 spiro atoms. The minimum atomic E-state index is 0. The van der Waals surface area contributed by atoms with Crippen LogP contribution in [0.5, 0.6) is 0 Å².